The van der Waals surface area contributed by atoms with Gasteiger partial charge in [-0.1, -0.05) is 12.1 Å². The molecule has 142 valence electrons. The Labute approximate surface area is 158 Å². The van der Waals surface area contributed by atoms with Gasteiger partial charge in [0, 0.05) is 12.6 Å². The maximum Gasteiger partial charge on any atom is 0.181 e. The molecule has 0 amide bonds. The molecule has 0 aliphatic carbocycles. The standard InChI is InChI=1S/C20H23N3O4/c1-23-14-21-20(22-23)16-5-9-19(10-6-16)27-13-17(24)12-26-11-15-3-7-18(25-2)8-4-15/h3-10,14,17,24H,11-13H2,1-2H3/t17-/m0/s1. The molecule has 3 rings (SSSR count). The van der Waals surface area contributed by atoms with Gasteiger partial charge in [-0.15, -0.1) is 0 Å². The minimum atomic E-state index is -0.708. The zero-order valence-electron chi connectivity index (χ0n) is 15.4. The summed E-state index contributed by atoms with van der Waals surface area (Å²) in [5.74, 6) is 2.14. The van der Waals surface area contributed by atoms with E-state index in [9.17, 15) is 5.11 Å². The average molecular weight is 369 g/mol. The Morgan fingerprint density at radius 2 is 1.70 bits per heavy atom. The fourth-order valence-electron chi connectivity index (χ4n) is 2.45. The van der Waals surface area contributed by atoms with Crippen LogP contribution in [0.25, 0.3) is 11.4 Å². The van der Waals surface area contributed by atoms with Crippen LogP contribution in [0, 0.1) is 0 Å². The summed E-state index contributed by atoms with van der Waals surface area (Å²) in [4.78, 5) is 4.21. The van der Waals surface area contributed by atoms with Gasteiger partial charge in [-0.2, -0.15) is 5.10 Å². The first kappa shape index (κ1) is 18.9. The highest BCUT2D eigenvalue weighted by molar-refractivity contribution is 5.55. The van der Waals surface area contributed by atoms with Gasteiger partial charge in [0.25, 0.3) is 0 Å². The van der Waals surface area contributed by atoms with Crippen molar-refractivity contribution in [3.63, 3.8) is 0 Å². The van der Waals surface area contributed by atoms with Crippen LogP contribution in [0.5, 0.6) is 11.5 Å². The molecule has 2 aromatic carbocycles. The number of rotatable bonds is 9. The third-order valence-corrected chi connectivity index (χ3v) is 3.89. The molecule has 0 radical (unpaired) electrons. The predicted octanol–water partition coefficient (Wildman–Crippen LogP) is 2.45. The first-order chi connectivity index (χ1) is 13.1. The predicted molar refractivity (Wildman–Crippen MR) is 101 cm³/mol. The second-order valence-electron chi connectivity index (χ2n) is 6.09. The van der Waals surface area contributed by atoms with Gasteiger partial charge >= 0.3 is 0 Å². The second kappa shape index (κ2) is 9.16. The lowest BCUT2D eigenvalue weighted by Crippen LogP contribution is -2.23. The van der Waals surface area contributed by atoms with E-state index >= 15 is 0 Å². The molecule has 0 unspecified atom stereocenters. The van der Waals surface area contributed by atoms with Crippen molar-refractivity contribution in [1.82, 2.24) is 14.8 Å². The van der Waals surface area contributed by atoms with E-state index in [4.69, 9.17) is 14.2 Å². The van der Waals surface area contributed by atoms with Crippen molar-refractivity contribution in [2.75, 3.05) is 20.3 Å². The summed E-state index contributed by atoms with van der Waals surface area (Å²) in [5, 5.41) is 14.3. The summed E-state index contributed by atoms with van der Waals surface area (Å²) in [6.07, 6.45) is 0.947. The first-order valence-electron chi connectivity index (χ1n) is 8.61. The lowest BCUT2D eigenvalue weighted by molar-refractivity contribution is 0.00548. The number of nitrogens with zero attached hydrogens (tertiary/aromatic N) is 3. The van der Waals surface area contributed by atoms with Gasteiger partial charge < -0.3 is 19.3 Å². The molecule has 1 atom stereocenters. The second-order valence-corrected chi connectivity index (χ2v) is 6.09. The molecule has 27 heavy (non-hydrogen) atoms. The highest BCUT2D eigenvalue weighted by atomic mass is 16.5. The molecule has 1 aromatic heterocycles. The molecular weight excluding hydrogens is 346 g/mol. The zero-order valence-corrected chi connectivity index (χ0v) is 15.4. The van der Waals surface area contributed by atoms with Crippen LogP contribution in [0.4, 0.5) is 0 Å². The molecule has 7 heteroatoms. The van der Waals surface area contributed by atoms with E-state index in [0.29, 0.717) is 18.2 Å². The molecule has 7 nitrogen and oxygen atoms in total. The van der Waals surface area contributed by atoms with E-state index in [1.807, 2.05) is 55.6 Å². The molecule has 3 aromatic rings. The molecule has 1 heterocycles. The fraction of sp³-hybridized carbons (Fsp3) is 0.300. The molecule has 1 N–H and O–H groups in total. The lowest BCUT2D eigenvalue weighted by atomic mass is 10.2. The summed E-state index contributed by atoms with van der Waals surface area (Å²) in [6, 6.07) is 15.0. The molecule has 0 aliphatic heterocycles. The number of aromatic nitrogens is 3. The normalized spacial score (nSPS) is 12.0. The van der Waals surface area contributed by atoms with E-state index in [-0.39, 0.29) is 13.2 Å². The van der Waals surface area contributed by atoms with E-state index in [1.165, 1.54) is 0 Å². The summed E-state index contributed by atoms with van der Waals surface area (Å²) in [6.45, 7) is 0.776. The van der Waals surface area contributed by atoms with Crippen LogP contribution in [-0.4, -0.2) is 46.3 Å². The summed E-state index contributed by atoms with van der Waals surface area (Å²) >= 11 is 0. The number of benzene rings is 2. The average Bonchev–Trinajstić information content (AvgIpc) is 3.14. The Hall–Kier alpha value is -2.90. The van der Waals surface area contributed by atoms with Crippen molar-refractivity contribution in [2.24, 2.45) is 7.05 Å². The molecule has 0 bridgehead atoms. The van der Waals surface area contributed by atoms with Crippen LogP contribution in [0.2, 0.25) is 0 Å². The Morgan fingerprint density at radius 3 is 2.33 bits per heavy atom. The maximum absolute atomic E-state index is 10.0. The van der Waals surface area contributed by atoms with Gasteiger partial charge in [0.2, 0.25) is 0 Å². The summed E-state index contributed by atoms with van der Waals surface area (Å²) in [5.41, 5.74) is 1.92. The Bertz CT molecular complexity index is 831. The van der Waals surface area contributed by atoms with Crippen LogP contribution in [0.3, 0.4) is 0 Å². The highest BCUT2D eigenvalue weighted by Crippen LogP contribution is 2.19. The van der Waals surface area contributed by atoms with Crippen LogP contribution in [-0.2, 0) is 18.4 Å². The first-order valence-corrected chi connectivity index (χ1v) is 8.61. The third kappa shape index (κ3) is 5.54. The van der Waals surface area contributed by atoms with Crippen LogP contribution in [0.1, 0.15) is 5.56 Å². The van der Waals surface area contributed by atoms with Crippen LogP contribution < -0.4 is 9.47 Å². The SMILES string of the molecule is COc1ccc(COC[C@H](O)COc2ccc(-c3ncn(C)n3)cc2)cc1. The van der Waals surface area contributed by atoms with E-state index in [2.05, 4.69) is 10.1 Å². The molecule has 0 fully saturated rings. The smallest absolute Gasteiger partial charge is 0.181 e. The Morgan fingerprint density at radius 1 is 1.00 bits per heavy atom. The number of aliphatic hydroxyl groups excluding tert-OH is 1. The van der Waals surface area contributed by atoms with Crippen molar-refractivity contribution in [2.45, 2.75) is 12.7 Å². The molecule has 0 saturated carbocycles. The maximum atomic E-state index is 10.0. The largest absolute Gasteiger partial charge is 0.497 e. The Balaban J connectivity index is 1.40. The summed E-state index contributed by atoms with van der Waals surface area (Å²) in [7, 11) is 3.46. The quantitative estimate of drug-likeness (QED) is 0.624. The van der Waals surface area contributed by atoms with E-state index in [1.54, 1.807) is 18.1 Å². The zero-order chi connectivity index (χ0) is 19.1. The van der Waals surface area contributed by atoms with E-state index < -0.39 is 6.10 Å². The number of hydrogen-bond donors (Lipinski definition) is 1. The van der Waals surface area contributed by atoms with E-state index in [0.717, 1.165) is 16.9 Å². The molecule has 0 aliphatic rings. The fourth-order valence-corrected chi connectivity index (χ4v) is 2.45. The van der Waals surface area contributed by atoms with Crippen molar-refractivity contribution in [3.05, 3.63) is 60.4 Å². The number of aryl methyl sites for hydroxylation is 1. The van der Waals surface area contributed by atoms with Crippen LogP contribution >= 0.6 is 0 Å². The van der Waals surface area contributed by atoms with Gasteiger partial charge in [-0.25, -0.2) is 4.98 Å². The minimum Gasteiger partial charge on any atom is -0.497 e. The number of hydrogen-bond acceptors (Lipinski definition) is 6. The van der Waals surface area contributed by atoms with Crippen molar-refractivity contribution < 1.29 is 19.3 Å². The topological polar surface area (TPSA) is 78.6 Å². The van der Waals surface area contributed by atoms with Crippen molar-refractivity contribution >= 4 is 0 Å². The monoisotopic (exact) mass is 369 g/mol. The number of ether oxygens (including phenoxy) is 3. The van der Waals surface area contributed by atoms with Gasteiger partial charge in [-0.3, -0.25) is 4.68 Å². The van der Waals surface area contributed by atoms with Gasteiger partial charge in [0.05, 0.1) is 20.3 Å². The van der Waals surface area contributed by atoms with Crippen LogP contribution in [0.15, 0.2) is 54.9 Å². The highest BCUT2D eigenvalue weighted by Gasteiger charge is 2.07. The minimum absolute atomic E-state index is 0.157. The van der Waals surface area contributed by atoms with Gasteiger partial charge in [-0.05, 0) is 42.0 Å². The summed E-state index contributed by atoms with van der Waals surface area (Å²) < 4.78 is 17.9. The molecular formula is C20H23N3O4. The van der Waals surface area contributed by atoms with Crippen molar-refractivity contribution in [1.29, 1.82) is 0 Å². The number of methoxy groups -OCH3 is 1. The van der Waals surface area contributed by atoms with Gasteiger partial charge in [0.1, 0.15) is 30.5 Å². The van der Waals surface area contributed by atoms with Gasteiger partial charge in [0.15, 0.2) is 5.82 Å². The van der Waals surface area contributed by atoms with Crippen molar-refractivity contribution in [3.8, 4) is 22.9 Å². The lowest BCUT2D eigenvalue weighted by Gasteiger charge is -2.13. The Kier molecular flexibility index (Phi) is 6.40. The third-order valence-electron chi connectivity index (χ3n) is 3.89. The molecule has 0 saturated heterocycles. The molecule has 0 spiro atoms. The number of aliphatic hydroxyl groups is 1.